The molecule has 0 saturated carbocycles. The van der Waals surface area contributed by atoms with Crippen molar-refractivity contribution < 1.29 is 18.0 Å². The van der Waals surface area contributed by atoms with E-state index in [4.69, 9.17) is 5.73 Å². The molecule has 4 rings (SSSR count). The maximum atomic E-state index is 13.0. The molecule has 146 valence electrons. The Kier molecular flexibility index (Phi) is 4.16. The highest BCUT2D eigenvalue weighted by molar-refractivity contribution is 5.78. The first-order valence-corrected chi connectivity index (χ1v) is 8.55. The van der Waals surface area contributed by atoms with E-state index in [0.717, 1.165) is 12.4 Å². The summed E-state index contributed by atoms with van der Waals surface area (Å²) in [4.78, 5) is 29.6. The number of rotatable bonds is 3. The lowest BCUT2D eigenvalue weighted by atomic mass is 10.0. The van der Waals surface area contributed by atoms with Crippen LogP contribution in [0.15, 0.2) is 30.9 Å². The highest BCUT2D eigenvalue weighted by Gasteiger charge is 2.35. The van der Waals surface area contributed by atoms with Crippen LogP contribution in [0.2, 0.25) is 0 Å². The quantitative estimate of drug-likeness (QED) is 0.732. The maximum absolute atomic E-state index is 13.0. The van der Waals surface area contributed by atoms with Gasteiger partial charge < -0.3 is 10.6 Å². The molecule has 1 fully saturated rings. The van der Waals surface area contributed by atoms with Crippen LogP contribution in [-0.2, 0) is 11.0 Å². The number of hydrogen-bond acceptors (Lipinski definition) is 6. The van der Waals surface area contributed by atoms with Gasteiger partial charge >= 0.3 is 6.18 Å². The number of carbonyl (C=O) groups excluding carboxylic acids is 1. The fraction of sp³-hybridized carbons (Fsp3) is 0.353. The van der Waals surface area contributed by atoms with Crippen LogP contribution in [0, 0.1) is 5.92 Å². The molecule has 1 saturated heterocycles. The molecular weight excluding hydrogens is 375 g/mol. The van der Waals surface area contributed by atoms with E-state index in [1.54, 1.807) is 6.07 Å². The maximum Gasteiger partial charge on any atom is 0.434 e. The molecular formula is C17H16F3N7O. The fourth-order valence-corrected chi connectivity index (χ4v) is 3.48. The van der Waals surface area contributed by atoms with Crippen molar-refractivity contribution in [1.82, 2.24) is 24.3 Å². The molecule has 3 aromatic heterocycles. The van der Waals surface area contributed by atoms with Gasteiger partial charge in [0.25, 0.3) is 0 Å². The Labute approximate surface area is 157 Å². The second-order valence-corrected chi connectivity index (χ2v) is 6.61. The van der Waals surface area contributed by atoms with Crippen molar-refractivity contribution in [2.45, 2.75) is 25.6 Å². The van der Waals surface area contributed by atoms with Crippen molar-refractivity contribution >= 4 is 17.4 Å². The summed E-state index contributed by atoms with van der Waals surface area (Å²) in [6.45, 7) is 2.49. The van der Waals surface area contributed by atoms with Gasteiger partial charge in [-0.2, -0.15) is 13.2 Å². The number of alkyl halides is 3. The lowest BCUT2D eigenvalue weighted by Gasteiger charge is -2.24. The molecule has 0 spiro atoms. The second-order valence-electron chi connectivity index (χ2n) is 6.61. The van der Waals surface area contributed by atoms with Gasteiger partial charge in [0.05, 0.1) is 18.3 Å². The van der Waals surface area contributed by atoms with Gasteiger partial charge in [-0.3, -0.25) is 9.20 Å². The van der Waals surface area contributed by atoms with Gasteiger partial charge in [0.1, 0.15) is 11.5 Å². The minimum absolute atomic E-state index is 0.136. The lowest BCUT2D eigenvalue weighted by molar-refractivity contribution is -0.141. The van der Waals surface area contributed by atoms with Crippen LogP contribution in [0.5, 0.6) is 0 Å². The minimum atomic E-state index is -4.58. The molecule has 1 aliphatic heterocycles. The van der Waals surface area contributed by atoms with Crippen LogP contribution in [0.4, 0.5) is 19.0 Å². The number of anilines is 1. The summed E-state index contributed by atoms with van der Waals surface area (Å²) in [6, 6.07) is 1.55. The molecule has 1 aliphatic rings. The molecule has 4 heterocycles. The van der Waals surface area contributed by atoms with Crippen molar-refractivity contribution in [1.29, 1.82) is 0 Å². The number of aromatic nitrogens is 5. The number of carbonyl (C=O) groups is 1. The van der Waals surface area contributed by atoms with Crippen molar-refractivity contribution in [3.05, 3.63) is 36.5 Å². The highest BCUT2D eigenvalue weighted by atomic mass is 19.4. The first kappa shape index (κ1) is 18.1. The first-order chi connectivity index (χ1) is 13.3. The molecule has 0 aliphatic carbocycles. The van der Waals surface area contributed by atoms with Gasteiger partial charge in [0, 0.05) is 25.0 Å². The normalized spacial score (nSPS) is 20.1. The van der Waals surface area contributed by atoms with E-state index in [2.05, 4.69) is 19.9 Å². The molecule has 1 amide bonds. The standard InChI is InChI=1S/C17H16F3N7O/c1-9-10(15(21)28)3-5-26(9)13-2-4-22-16(25-13)11-6-24-14-7-23-12(8-27(11)14)17(18,19)20/h2,4,6-10H,3,5H2,1H3,(H2,21,28). The fourth-order valence-electron chi connectivity index (χ4n) is 3.48. The molecule has 3 aromatic rings. The predicted octanol–water partition coefficient (Wildman–Crippen LogP) is 1.91. The molecule has 11 heteroatoms. The van der Waals surface area contributed by atoms with E-state index in [-0.39, 0.29) is 29.3 Å². The first-order valence-electron chi connectivity index (χ1n) is 8.55. The predicted molar refractivity (Wildman–Crippen MR) is 93.1 cm³/mol. The monoisotopic (exact) mass is 391 g/mol. The van der Waals surface area contributed by atoms with E-state index in [1.165, 1.54) is 16.8 Å². The molecule has 0 radical (unpaired) electrons. The van der Waals surface area contributed by atoms with Crippen LogP contribution >= 0.6 is 0 Å². The third kappa shape index (κ3) is 3.02. The van der Waals surface area contributed by atoms with Crippen molar-refractivity contribution in [3.8, 4) is 11.5 Å². The number of imidazole rings is 1. The molecule has 0 bridgehead atoms. The van der Waals surface area contributed by atoms with Crippen LogP contribution in [-0.4, -0.2) is 42.8 Å². The largest absolute Gasteiger partial charge is 0.434 e. The van der Waals surface area contributed by atoms with Crippen LogP contribution in [0.25, 0.3) is 17.2 Å². The Hall–Kier alpha value is -3.24. The topological polar surface area (TPSA) is 102 Å². The summed E-state index contributed by atoms with van der Waals surface area (Å²) in [5.74, 6) is 0.147. The molecule has 2 unspecified atom stereocenters. The molecule has 2 N–H and O–H groups in total. The summed E-state index contributed by atoms with van der Waals surface area (Å²) in [5.41, 5.74) is 4.96. The van der Waals surface area contributed by atoms with E-state index in [1.807, 2.05) is 11.8 Å². The third-order valence-electron chi connectivity index (χ3n) is 4.97. The van der Waals surface area contributed by atoms with E-state index < -0.39 is 11.9 Å². The van der Waals surface area contributed by atoms with E-state index in [9.17, 15) is 18.0 Å². The Morgan fingerprint density at radius 1 is 1.25 bits per heavy atom. The summed E-state index contributed by atoms with van der Waals surface area (Å²) >= 11 is 0. The highest BCUT2D eigenvalue weighted by Crippen LogP contribution is 2.31. The van der Waals surface area contributed by atoms with Crippen molar-refractivity contribution in [2.75, 3.05) is 11.4 Å². The van der Waals surface area contributed by atoms with E-state index in [0.29, 0.717) is 24.5 Å². The molecule has 2 atom stereocenters. The molecule has 0 aromatic carbocycles. The Morgan fingerprint density at radius 3 is 2.71 bits per heavy atom. The van der Waals surface area contributed by atoms with Gasteiger partial charge in [0.15, 0.2) is 17.2 Å². The zero-order chi connectivity index (χ0) is 20.1. The van der Waals surface area contributed by atoms with Gasteiger partial charge in [-0.15, -0.1) is 0 Å². The average molecular weight is 391 g/mol. The zero-order valence-corrected chi connectivity index (χ0v) is 14.8. The van der Waals surface area contributed by atoms with Gasteiger partial charge in [-0.05, 0) is 19.4 Å². The molecule has 8 nitrogen and oxygen atoms in total. The average Bonchev–Trinajstić information content (AvgIpc) is 3.24. The van der Waals surface area contributed by atoms with Crippen LogP contribution in [0.3, 0.4) is 0 Å². The van der Waals surface area contributed by atoms with Crippen molar-refractivity contribution in [3.63, 3.8) is 0 Å². The Morgan fingerprint density at radius 2 is 2.04 bits per heavy atom. The number of primary amides is 1. The smallest absolute Gasteiger partial charge is 0.369 e. The summed E-state index contributed by atoms with van der Waals surface area (Å²) in [6.07, 6.45) is 0.883. The van der Waals surface area contributed by atoms with Gasteiger partial charge in [0.2, 0.25) is 5.91 Å². The number of hydrogen-bond donors (Lipinski definition) is 1. The SMILES string of the molecule is CC1C(C(N)=O)CCN1c1ccnc(-c2cnc3cnc(C(F)(F)F)cn23)n1. The summed E-state index contributed by atoms with van der Waals surface area (Å²) < 4.78 is 40.3. The second kappa shape index (κ2) is 6.43. The van der Waals surface area contributed by atoms with Crippen LogP contribution < -0.4 is 10.6 Å². The summed E-state index contributed by atoms with van der Waals surface area (Å²) in [5, 5.41) is 0. The van der Waals surface area contributed by atoms with Crippen molar-refractivity contribution in [2.24, 2.45) is 11.7 Å². The number of fused-ring (bicyclic) bond motifs is 1. The number of halogens is 3. The molecule has 28 heavy (non-hydrogen) atoms. The third-order valence-corrected chi connectivity index (χ3v) is 4.97. The number of amides is 1. The summed E-state index contributed by atoms with van der Waals surface area (Å²) in [7, 11) is 0. The number of nitrogens with two attached hydrogens (primary N) is 1. The zero-order valence-electron chi connectivity index (χ0n) is 14.8. The lowest BCUT2D eigenvalue weighted by Crippen LogP contribution is -2.36. The van der Waals surface area contributed by atoms with E-state index >= 15 is 0 Å². The minimum Gasteiger partial charge on any atom is -0.369 e. The van der Waals surface area contributed by atoms with Gasteiger partial charge in [-0.1, -0.05) is 0 Å². The van der Waals surface area contributed by atoms with Gasteiger partial charge in [-0.25, -0.2) is 19.9 Å². The number of nitrogens with zero attached hydrogens (tertiary/aromatic N) is 6. The van der Waals surface area contributed by atoms with Crippen LogP contribution in [0.1, 0.15) is 19.0 Å². The Bertz CT molecular complexity index is 1050. The Balaban J connectivity index is 1.73.